The van der Waals surface area contributed by atoms with Gasteiger partial charge in [0, 0.05) is 24.0 Å². The second-order valence-electron chi connectivity index (χ2n) is 4.14. The molecule has 4 nitrogen and oxygen atoms in total. The number of carbonyl (C=O) groups is 1. The molecule has 2 aromatic rings. The number of aryl methyl sites for hydroxylation is 1. The van der Waals surface area contributed by atoms with E-state index >= 15 is 0 Å². The van der Waals surface area contributed by atoms with Gasteiger partial charge in [-0.25, -0.2) is 5.43 Å². The van der Waals surface area contributed by atoms with E-state index in [0.29, 0.717) is 11.4 Å². The molecule has 0 aliphatic rings. The van der Waals surface area contributed by atoms with E-state index in [1.165, 1.54) is 0 Å². The molecule has 0 unspecified atom stereocenters. The second kappa shape index (κ2) is 6.20. The highest BCUT2D eigenvalue weighted by atomic mass is 35.5. The third-order valence-electron chi connectivity index (χ3n) is 2.64. The maximum absolute atomic E-state index is 11.7. The van der Waals surface area contributed by atoms with Crippen LogP contribution >= 0.6 is 11.6 Å². The van der Waals surface area contributed by atoms with Gasteiger partial charge in [-0.1, -0.05) is 23.7 Å². The Bertz CT molecular complexity index is 604. The van der Waals surface area contributed by atoms with Gasteiger partial charge in [-0.3, -0.25) is 4.79 Å². The lowest BCUT2D eigenvalue weighted by Crippen LogP contribution is -2.20. The predicted octanol–water partition coefficient (Wildman–Crippen LogP) is 2.37. The molecule has 1 aromatic carbocycles. The minimum atomic E-state index is -0.153. The Hall–Kier alpha value is -2.07. The average molecular weight is 276 g/mol. The van der Waals surface area contributed by atoms with Crippen LogP contribution in [0.15, 0.2) is 47.7 Å². The van der Waals surface area contributed by atoms with Gasteiger partial charge in [0.2, 0.25) is 5.91 Å². The first-order chi connectivity index (χ1) is 9.15. The first-order valence-electron chi connectivity index (χ1n) is 5.83. The summed E-state index contributed by atoms with van der Waals surface area (Å²) in [5.74, 6) is -0.153. The van der Waals surface area contributed by atoms with Crippen molar-refractivity contribution >= 4 is 23.7 Å². The van der Waals surface area contributed by atoms with E-state index in [9.17, 15) is 4.79 Å². The van der Waals surface area contributed by atoms with E-state index in [1.807, 2.05) is 42.1 Å². The van der Waals surface area contributed by atoms with Gasteiger partial charge in [-0.05, 0) is 29.8 Å². The van der Waals surface area contributed by atoms with Crippen molar-refractivity contribution in [2.45, 2.75) is 6.42 Å². The summed E-state index contributed by atoms with van der Waals surface area (Å²) in [6.07, 6.45) is 3.77. The van der Waals surface area contributed by atoms with Gasteiger partial charge in [0.25, 0.3) is 0 Å². The van der Waals surface area contributed by atoms with E-state index < -0.39 is 0 Å². The third kappa shape index (κ3) is 3.96. The molecule has 0 radical (unpaired) electrons. The van der Waals surface area contributed by atoms with Crippen LogP contribution in [-0.4, -0.2) is 16.7 Å². The zero-order valence-corrected chi connectivity index (χ0v) is 11.3. The lowest BCUT2D eigenvalue weighted by atomic mass is 10.2. The number of hydrogen-bond donors (Lipinski definition) is 1. The predicted molar refractivity (Wildman–Crippen MR) is 76.3 cm³/mol. The number of hydrazone groups is 1. The van der Waals surface area contributed by atoms with E-state index in [-0.39, 0.29) is 5.91 Å². The molecule has 2 rings (SSSR count). The zero-order chi connectivity index (χ0) is 13.7. The molecule has 98 valence electrons. The standard InChI is InChI=1S/C14H14ClN3O/c1-18-7-3-6-13(18)9-14(19)17-16-10-11-4-2-5-12(15)8-11/h2-8,10H,9H2,1H3,(H,17,19)/b16-10-. The molecule has 1 heterocycles. The Balaban J connectivity index is 1.88. The number of nitrogens with zero attached hydrogens (tertiary/aromatic N) is 2. The number of halogens is 1. The molecule has 0 fully saturated rings. The smallest absolute Gasteiger partial charge is 0.245 e. The van der Waals surface area contributed by atoms with E-state index in [0.717, 1.165) is 11.3 Å². The Morgan fingerprint density at radius 3 is 2.95 bits per heavy atom. The molecule has 0 atom stereocenters. The monoisotopic (exact) mass is 275 g/mol. The molecule has 1 amide bonds. The maximum Gasteiger partial charge on any atom is 0.245 e. The fourth-order valence-corrected chi connectivity index (χ4v) is 1.85. The fraction of sp³-hybridized carbons (Fsp3) is 0.143. The van der Waals surface area contributed by atoms with Gasteiger partial charge in [0.1, 0.15) is 0 Å². The summed E-state index contributed by atoms with van der Waals surface area (Å²) >= 11 is 5.85. The first kappa shape index (κ1) is 13.4. The summed E-state index contributed by atoms with van der Waals surface area (Å²) in [5.41, 5.74) is 4.27. The Labute approximate surface area is 116 Å². The van der Waals surface area contributed by atoms with Gasteiger partial charge in [0.15, 0.2) is 0 Å². The molecule has 0 spiro atoms. The quantitative estimate of drug-likeness (QED) is 0.676. The molecule has 1 N–H and O–H groups in total. The van der Waals surface area contributed by atoms with Gasteiger partial charge < -0.3 is 4.57 Å². The highest BCUT2D eigenvalue weighted by Crippen LogP contribution is 2.08. The maximum atomic E-state index is 11.7. The van der Waals surface area contributed by atoms with Crippen molar-refractivity contribution in [3.63, 3.8) is 0 Å². The minimum absolute atomic E-state index is 0.153. The van der Waals surface area contributed by atoms with Crippen LogP contribution < -0.4 is 5.43 Å². The summed E-state index contributed by atoms with van der Waals surface area (Å²) in [6, 6.07) is 11.0. The van der Waals surface area contributed by atoms with Crippen LogP contribution in [0.4, 0.5) is 0 Å². The minimum Gasteiger partial charge on any atom is -0.354 e. The van der Waals surface area contributed by atoms with Gasteiger partial charge in [-0.2, -0.15) is 5.10 Å². The number of nitrogens with one attached hydrogen (secondary N) is 1. The Kier molecular flexibility index (Phi) is 4.36. The van der Waals surface area contributed by atoms with Crippen LogP contribution in [0.3, 0.4) is 0 Å². The third-order valence-corrected chi connectivity index (χ3v) is 2.88. The normalized spacial score (nSPS) is 10.8. The molecule has 19 heavy (non-hydrogen) atoms. The van der Waals surface area contributed by atoms with E-state index in [2.05, 4.69) is 10.5 Å². The Morgan fingerprint density at radius 1 is 1.42 bits per heavy atom. The lowest BCUT2D eigenvalue weighted by molar-refractivity contribution is -0.120. The largest absolute Gasteiger partial charge is 0.354 e. The molecule has 0 aliphatic heterocycles. The number of carbonyl (C=O) groups excluding carboxylic acids is 1. The lowest BCUT2D eigenvalue weighted by Gasteiger charge is -2.01. The van der Waals surface area contributed by atoms with Crippen LogP contribution in [0.1, 0.15) is 11.3 Å². The average Bonchev–Trinajstić information content (AvgIpc) is 2.75. The molecule has 1 aromatic heterocycles. The first-order valence-corrected chi connectivity index (χ1v) is 6.20. The number of aromatic nitrogens is 1. The summed E-state index contributed by atoms with van der Waals surface area (Å²) < 4.78 is 1.90. The van der Waals surface area contributed by atoms with Crippen molar-refractivity contribution < 1.29 is 4.79 Å². The fourth-order valence-electron chi connectivity index (χ4n) is 1.65. The van der Waals surface area contributed by atoms with Crippen molar-refractivity contribution in [2.75, 3.05) is 0 Å². The van der Waals surface area contributed by atoms with Crippen molar-refractivity contribution in [2.24, 2.45) is 12.1 Å². The van der Waals surface area contributed by atoms with Gasteiger partial charge in [0.05, 0.1) is 12.6 Å². The van der Waals surface area contributed by atoms with Gasteiger partial charge in [-0.15, -0.1) is 0 Å². The van der Waals surface area contributed by atoms with Crippen LogP contribution in [0.5, 0.6) is 0 Å². The molecule has 0 bridgehead atoms. The SMILES string of the molecule is Cn1cccc1CC(=O)N/N=C\c1cccc(Cl)c1. The highest BCUT2D eigenvalue weighted by Gasteiger charge is 2.04. The van der Waals surface area contributed by atoms with Crippen LogP contribution in [0.25, 0.3) is 0 Å². The highest BCUT2D eigenvalue weighted by molar-refractivity contribution is 6.30. The topological polar surface area (TPSA) is 46.4 Å². The van der Waals surface area contributed by atoms with E-state index in [4.69, 9.17) is 11.6 Å². The molecular weight excluding hydrogens is 262 g/mol. The molecular formula is C14H14ClN3O. The van der Waals surface area contributed by atoms with Crippen molar-refractivity contribution in [3.05, 3.63) is 58.9 Å². The number of benzene rings is 1. The zero-order valence-electron chi connectivity index (χ0n) is 10.5. The van der Waals surface area contributed by atoms with Crippen LogP contribution in [0.2, 0.25) is 5.02 Å². The summed E-state index contributed by atoms with van der Waals surface area (Å²) in [7, 11) is 1.90. The van der Waals surface area contributed by atoms with Crippen LogP contribution in [-0.2, 0) is 18.3 Å². The number of amides is 1. The summed E-state index contributed by atoms with van der Waals surface area (Å²) in [4.78, 5) is 11.7. The van der Waals surface area contributed by atoms with Gasteiger partial charge >= 0.3 is 0 Å². The summed E-state index contributed by atoms with van der Waals surface area (Å²) in [6.45, 7) is 0. The van der Waals surface area contributed by atoms with Crippen molar-refractivity contribution in [1.82, 2.24) is 9.99 Å². The summed E-state index contributed by atoms with van der Waals surface area (Å²) in [5, 5.41) is 4.54. The van der Waals surface area contributed by atoms with Crippen molar-refractivity contribution in [3.8, 4) is 0 Å². The molecule has 0 aliphatic carbocycles. The molecule has 0 saturated carbocycles. The number of hydrogen-bond acceptors (Lipinski definition) is 2. The molecule has 5 heteroatoms. The Morgan fingerprint density at radius 2 is 2.26 bits per heavy atom. The molecule has 0 saturated heterocycles. The van der Waals surface area contributed by atoms with E-state index in [1.54, 1.807) is 18.3 Å². The number of rotatable bonds is 4. The second-order valence-corrected chi connectivity index (χ2v) is 4.57. The van der Waals surface area contributed by atoms with Crippen molar-refractivity contribution in [1.29, 1.82) is 0 Å². The van der Waals surface area contributed by atoms with Crippen LogP contribution in [0, 0.1) is 0 Å².